The van der Waals surface area contributed by atoms with E-state index in [4.69, 9.17) is 20.3 Å². The van der Waals surface area contributed by atoms with E-state index in [0.29, 0.717) is 48.8 Å². The number of nitrogens with one attached hydrogen (secondary N) is 1. The van der Waals surface area contributed by atoms with E-state index in [1.54, 1.807) is 9.58 Å². The SMILES string of the molecule is CC(C)(C)OC(=O)N1CC[C@H]([C@@H]2CCNc3c(C(N)=O)c(-c4ccc(Oc5ccccc5)cc4)nn32)[C@@H](O)C1. The Morgan fingerprint density at radius 3 is 2.38 bits per heavy atom. The molecule has 0 bridgehead atoms. The summed E-state index contributed by atoms with van der Waals surface area (Å²) in [5, 5.41) is 19.2. The molecular formula is C29H35N5O5. The molecule has 1 aromatic heterocycles. The van der Waals surface area contributed by atoms with Gasteiger partial charge in [-0.3, -0.25) is 4.79 Å². The predicted octanol–water partition coefficient (Wildman–Crippen LogP) is 4.42. The minimum absolute atomic E-state index is 0.153. The molecule has 0 radical (unpaired) electrons. The van der Waals surface area contributed by atoms with E-state index in [1.807, 2.05) is 75.4 Å². The summed E-state index contributed by atoms with van der Waals surface area (Å²) in [6.45, 7) is 6.72. The first kappa shape index (κ1) is 26.6. The molecule has 2 aliphatic heterocycles. The number of para-hydroxylation sites is 1. The van der Waals surface area contributed by atoms with Crippen LogP contribution in [0.1, 0.15) is 50.0 Å². The monoisotopic (exact) mass is 533 g/mol. The number of rotatable bonds is 5. The number of piperidine rings is 1. The van der Waals surface area contributed by atoms with Crippen molar-refractivity contribution in [2.24, 2.45) is 11.7 Å². The summed E-state index contributed by atoms with van der Waals surface area (Å²) >= 11 is 0. The van der Waals surface area contributed by atoms with Gasteiger partial charge in [0, 0.05) is 24.6 Å². The summed E-state index contributed by atoms with van der Waals surface area (Å²) in [4.78, 5) is 26.7. The molecule has 10 nitrogen and oxygen atoms in total. The van der Waals surface area contributed by atoms with Crippen LogP contribution >= 0.6 is 0 Å². The fraction of sp³-hybridized carbons (Fsp3) is 0.414. The maximum absolute atomic E-state index is 12.6. The Labute approximate surface area is 227 Å². The number of primary amides is 1. The third-order valence-electron chi connectivity index (χ3n) is 7.09. The number of aliphatic hydroxyl groups is 1. The van der Waals surface area contributed by atoms with E-state index in [1.165, 1.54) is 0 Å². The highest BCUT2D eigenvalue weighted by Gasteiger charge is 2.40. The Morgan fingerprint density at radius 1 is 1.05 bits per heavy atom. The maximum Gasteiger partial charge on any atom is 0.410 e. The van der Waals surface area contributed by atoms with Gasteiger partial charge in [-0.25, -0.2) is 9.48 Å². The lowest BCUT2D eigenvalue weighted by molar-refractivity contribution is -0.0253. The van der Waals surface area contributed by atoms with Crippen molar-refractivity contribution < 1.29 is 24.2 Å². The van der Waals surface area contributed by atoms with Gasteiger partial charge in [0.1, 0.15) is 34.2 Å². The van der Waals surface area contributed by atoms with E-state index in [9.17, 15) is 14.7 Å². The van der Waals surface area contributed by atoms with Gasteiger partial charge in [-0.05, 0) is 70.0 Å². The van der Waals surface area contributed by atoms with E-state index in [-0.39, 0.29) is 18.5 Å². The number of ether oxygens (including phenoxy) is 2. The van der Waals surface area contributed by atoms with Crippen molar-refractivity contribution >= 4 is 17.8 Å². The molecule has 0 unspecified atom stereocenters. The number of amides is 2. The van der Waals surface area contributed by atoms with Crippen LogP contribution < -0.4 is 15.8 Å². The fourth-order valence-corrected chi connectivity index (χ4v) is 5.33. The Balaban J connectivity index is 1.38. The number of aromatic nitrogens is 2. The summed E-state index contributed by atoms with van der Waals surface area (Å²) in [6.07, 6.45) is 0.103. The molecule has 0 saturated carbocycles. The summed E-state index contributed by atoms with van der Waals surface area (Å²) in [5.41, 5.74) is 6.76. The molecule has 0 spiro atoms. The molecule has 0 aliphatic carbocycles. The van der Waals surface area contributed by atoms with E-state index in [0.717, 1.165) is 11.3 Å². The largest absolute Gasteiger partial charge is 0.457 e. The zero-order chi connectivity index (χ0) is 27.7. The van der Waals surface area contributed by atoms with Crippen LogP contribution in [0.5, 0.6) is 11.5 Å². The average molecular weight is 534 g/mol. The van der Waals surface area contributed by atoms with Gasteiger partial charge in [0.25, 0.3) is 5.91 Å². The van der Waals surface area contributed by atoms with Gasteiger partial charge in [-0.15, -0.1) is 0 Å². The van der Waals surface area contributed by atoms with Crippen molar-refractivity contribution in [3.63, 3.8) is 0 Å². The quantitative estimate of drug-likeness (QED) is 0.442. The Hall–Kier alpha value is -4.05. The number of carbonyl (C=O) groups excluding carboxylic acids is 2. The first-order valence-corrected chi connectivity index (χ1v) is 13.3. The molecule has 5 rings (SSSR count). The minimum atomic E-state index is -0.763. The van der Waals surface area contributed by atoms with E-state index >= 15 is 0 Å². The summed E-state index contributed by atoms with van der Waals surface area (Å²) < 4.78 is 13.2. The van der Waals surface area contributed by atoms with Gasteiger partial charge < -0.3 is 30.5 Å². The number of anilines is 1. The van der Waals surface area contributed by atoms with Gasteiger partial charge in [0.15, 0.2) is 0 Å². The molecule has 39 heavy (non-hydrogen) atoms. The smallest absolute Gasteiger partial charge is 0.410 e. The third kappa shape index (κ3) is 5.70. The second kappa shape index (κ2) is 10.6. The van der Waals surface area contributed by atoms with Crippen LogP contribution in [-0.2, 0) is 4.74 Å². The third-order valence-corrected chi connectivity index (χ3v) is 7.09. The minimum Gasteiger partial charge on any atom is -0.457 e. The molecule has 2 aliphatic rings. The number of fused-ring (bicyclic) bond motifs is 1. The average Bonchev–Trinajstić information content (AvgIpc) is 3.29. The zero-order valence-electron chi connectivity index (χ0n) is 22.5. The second-order valence-electron chi connectivity index (χ2n) is 11.0. The van der Waals surface area contributed by atoms with Crippen molar-refractivity contribution in [2.45, 2.75) is 51.4 Å². The molecule has 3 aromatic rings. The molecule has 1 saturated heterocycles. The Morgan fingerprint density at radius 2 is 1.74 bits per heavy atom. The van der Waals surface area contributed by atoms with Crippen molar-refractivity contribution in [1.29, 1.82) is 0 Å². The molecule has 3 heterocycles. The highest BCUT2D eigenvalue weighted by atomic mass is 16.6. The van der Waals surface area contributed by atoms with Crippen molar-refractivity contribution in [3.8, 4) is 22.8 Å². The van der Waals surface area contributed by atoms with Crippen LogP contribution in [-0.4, -0.2) is 63.1 Å². The fourth-order valence-electron chi connectivity index (χ4n) is 5.33. The highest BCUT2D eigenvalue weighted by molar-refractivity contribution is 6.03. The van der Waals surface area contributed by atoms with Crippen LogP contribution in [0.2, 0.25) is 0 Å². The molecule has 1 fully saturated rings. The Bertz CT molecular complexity index is 1330. The predicted molar refractivity (Wildman–Crippen MR) is 147 cm³/mol. The lowest BCUT2D eigenvalue weighted by atomic mass is 9.84. The highest BCUT2D eigenvalue weighted by Crippen LogP contribution is 2.40. The van der Waals surface area contributed by atoms with Crippen LogP contribution in [0.4, 0.5) is 10.6 Å². The summed E-state index contributed by atoms with van der Waals surface area (Å²) in [5.74, 6) is 1.21. The number of nitrogens with zero attached hydrogens (tertiary/aromatic N) is 3. The van der Waals surface area contributed by atoms with Gasteiger partial charge in [0.05, 0.1) is 18.7 Å². The normalized spacial score (nSPS) is 21.0. The summed E-state index contributed by atoms with van der Waals surface area (Å²) in [6, 6.07) is 16.7. The number of nitrogens with two attached hydrogens (primary N) is 1. The number of likely N-dealkylation sites (tertiary alicyclic amines) is 1. The van der Waals surface area contributed by atoms with Crippen LogP contribution in [0.25, 0.3) is 11.3 Å². The topological polar surface area (TPSA) is 132 Å². The lowest BCUT2D eigenvalue weighted by Gasteiger charge is -2.41. The molecule has 206 valence electrons. The first-order valence-electron chi connectivity index (χ1n) is 13.3. The molecule has 2 amide bonds. The van der Waals surface area contributed by atoms with Crippen molar-refractivity contribution in [1.82, 2.24) is 14.7 Å². The molecule has 2 aromatic carbocycles. The van der Waals surface area contributed by atoms with Gasteiger partial charge in [-0.2, -0.15) is 5.10 Å². The first-order chi connectivity index (χ1) is 18.6. The molecule has 10 heteroatoms. The molecule has 4 N–H and O–H groups in total. The summed E-state index contributed by atoms with van der Waals surface area (Å²) in [7, 11) is 0. The maximum atomic E-state index is 12.6. The standard InChI is InChI=1S/C29H35N5O5/c1-29(2,3)39-28(37)33-16-14-21(23(35)17-33)22-13-15-31-27-24(26(30)36)25(32-34(22)27)18-9-11-20(12-10-18)38-19-7-5-4-6-8-19/h4-12,21-23,31,35H,13-17H2,1-3H3,(H2,30,36)/t21-,22+,23+/m1/s1. The van der Waals surface area contributed by atoms with Crippen molar-refractivity contribution in [3.05, 3.63) is 60.2 Å². The van der Waals surface area contributed by atoms with Gasteiger partial charge in [-0.1, -0.05) is 18.2 Å². The number of aliphatic hydroxyl groups excluding tert-OH is 1. The van der Waals surface area contributed by atoms with E-state index < -0.39 is 23.7 Å². The second-order valence-corrected chi connectivity index (χ2v) is 11.0. The zero-order valence-corrected chi connectivity index (χ0v) is 22.5. The molecule has 3 atom stereocenters. The number of benzene rings is 2. The lowest BCUT2D eigenvalue weighted by Crippen LogP contribution is -2.50. The van der Waals surface area contributed by atoms with E-state index in [2.05, 4.69) is 5.32 Å². The van der Waals surface area contributed by atoms with Gasteiger partial charge in [0.2, 0.25) is 0 Å². The molecular weight excluding hydrogens is 498 g/mol. The number of hydrogen-bond donors (Lipinski definition) is 3. The van der Waals surface area contributed by atoms with Crippen LogP contribution in [0.15, 0.2) is 54.6 Å². The Kier molecular flexibility index (Phi) is 7.22. The van der Waals surface area contributed by atoms with Crippen LogP contribution in [0.3, 0.4) is 0 Å². The van der Waals surface area contributed by atoms with Gasteiger partial charge >= 0.3 is 6.09 Å². The number of hydrogen-bond acceptors (Lipinski definition) is 7. The van der Waals surface area contributed by atoms with Crippen LogP contribution in [0, 0.1) is 5.92 Å². The number of carbonyl (C=O) groups is 2. The number of β-amino-alcohol motifs (C(OH)–C–C–N with tert-alkyl or cyclic N) is 1. The van der Waals surface area contributed by atoms with Crippen molar-refractivity contribution in [2.75, 3.05) is 25.0 Å².